The summed E-state index contributed by atoms with van der Waals surface area (Å²) in [6, 6.07) is 20.4. The number of nitrogens with zero attached hydrogens (tertiary/aromatic N) is 5. The Bertz CT molecular complexity index is 1430. The molecule has 0 bridgehead atoms. The van der Waals surface area contributed by atoms with E-state index in [0.29, 0.717) is 0 Å². The Labute approximate surface area is 147 Å². The van der Waals surface area contributed by atoms with Gasteiger partial charge in [0.25, 0.3) is 0 Å². The topological polar surface area (TPSA) is 63.4 Å². The molecule has 2 aliphatic heterocycles. The van der Waals surface area contributed by atoms with Gasteiger partial charge in [-0.25, -0.2) is 9.98 Å². The minimum absolute atomic E-state index is 0.785. The van der Waals surface area contributed by atoms with E-state index in [1.54, 1.807) is 6.20 Å². The minimum atomic E-state index is 0.785. The van der Waals surface area contributed by atoms with Crippen molar-refractivity contribution in [3.63, 3.8) is 0 Å². The maximum atomic E-state index is 4.91. The van der Waals surface area contributed by atoms with Crippen LogP contribution in [-0.4, -0.2) is 15.4 Å². The zero-order valence-corrected chi connectivity index (χ0v) is 13.6. The lowest BCUT2D eigenvalue weighted by Gasteiger charge is -2.00. The molecular formula is C21H11N5. The van der Waals surface area contributed by atoms with Gasteiger partial charge in [0.15, 0.2) is 0 Å². The summed E-state index contributed by atoms with van der Waals surface area (Å²) in [7, 11) is 0. The Morgan fingerprint density at radius 3 is 2.46 bits per heavy atom. The number of benzene rings is 3. The SMILES string of the molecule is c1ccc2c(c1)N=c1c-2ccc2c1=c1c(-c3ccnnn3)cccc1=N2. The monoisotopic (exact) mass is 333 g/mol. The number of hydrogen-bond acceptors (Lipinski definition) is 5. The average Bonchev–Trinajstić information content (AvgIpc) is 3.26. The van der Waals surface area contributed by atoms with Crippen LogP contribution in [0, 0.1) is 10.4 Å². The van der Waals surface area contributed by atoms with Crippen LogP contribution in [-0.2, 0) is 0 Å². The van der Waals surface area contributed by atoms with Crippen molar-refractivity contribution in [1.29, 1.82) is 0 Å². The number of rotatable bonds is 1. The molecule has 0 unspecified atom stereocenters. The van der Waals surface area contributed by atoms with Crippen LogP contribution in [0.1, 0.15) is 0 Å². The fourth-order valence-electron chi connectivity index (χ4n) is 3.80. The molecule has 120 valence electrons. The third-order valence-electron chi connectivity index (χ3n) is 4.89. The smallest absolute Gasteiger partial charge is 0.0970 e. The Morgan fingerprint density at radius 1 is 0.615 bits per heavy atom. The van der Waals surface area contributed by atoms with Gasteiger partial charge in [-0.3, -0.25) is 0 Å². The van der Waals surface area contributed by atoms with Gasteiger partial charge in [-0.1, -0.05) is 30.3 Å². The molecule has 2 aliphatic rings. The number of fused-ring (bicyclic) bond motifs is 6. The Kier molecular flexibility index (Phi) is 2.55. The van der Waals surface area contributed by atoms with E-state index >= 15 is 0 Å². The summed E-state index contributed by atoms with van der Waals surface area (Å²) in [4.78, 5) is 9.73. The number of para-hydroxylation sites is 1. The summed E-state index contributed by atoms with van der Waals surface area (Å²) < 4.78 is 0. The predicted octanol–water partition coefficient (Wildman–Crippen LogP) is 3.02. The molecule has 4 aromatic rings. The third-order valence-corrected chi connectivity index (χ3v) is 4.89. The van der Waals surface area contributed by atoms with E-state index < -0.39 is 0 Å². The molecule has 3 aromatic carbocycles. The first-order valence-electron chi connectivity index (χ1n) is 8.38. The van der Waals surface area contributed by atoms with Crippen LogP contribution in [0.2, 0.25) is 0 Å². The van der Waals surface area contributed by atoms with E-state index in [0.717, 1.165) is 49.3 Å². The van der Waals surface area contributed by atoms with E-state index in [-0.39, 0.29) is 0 Å². The zero-order chi connectivity index (χ0) is 17.1. The van der Waals surface area contributed by atoms with E-state index in [9.17, 15) is 0 Å². The Hall–Kier alpha value is -3.73. The van der Waals surface area contributed by atoms with Gasteiger partial charge in [0.1, 0.15) is 0 Å². The summed E-state index contributed by atoms with van der Waals surface area (Å²) in [5.41, 5.74) is 6.06. The van der Waals surface area contributed by atoms with Crippen LogP contribution in [0.15, 0.2) is 76.8 Å². The predicted molar refractivity (Wildman–Crippen MR) is 96.4 cm³/mol. The van der Waals surface area contributed by atoms with Gasteiger partial charge in [0.05, 0.1) is 34.0 Å². The van der Waals surface area contributed by atoms with Crippen LogP contribution in [0.5, 0.6) is 0 Å². The maximum Gasteiger partial charge on any atom is 0.0970 e. The van der Waals surface area contributed by atoms with Crippen molar-refractivity contribution in [2.75, 3.05) is 0 Å². The molecule has 0 amide bonds. The van der Waals surface area contributed by atoms with Crippen LogP contribution < -0.4 is 10.7 Å². The molecule has 3 heterocycles. The van der Waals surface area contributed by atoms with Gasteiger partial charge in [-0.15, -0.1) is 10.2 Å². The Balaban J connectivity index is 1.85. The van der Waals surface area contributed by atoms with Crippen molar-refractivity contribution in [1.82, 2.24) is 15.4 Å². The summed E-state index contributed by atoms with van der Waals surface area (Å²) in [6.07, 6.45) is 1.66. The highest BCUT2D eigenvalue weighted by Crippen LogP contribution is 2.34. The third kappa shape index (κ3) is 1.71. The molecule has 26 heavy (non-hydrogen) atoms. The lowest BCUT2D eigenvalue weighted by molar-refractivity contribution is 0.870. The quantitative estimate of drug-likeness (QED) is 0.465. The van der Waals surface area contributed by atoms with Crippen LogP contribution in [0.3, 0.4) is 0 Å². The lowest BCUT2D eigenvalue weighted by Crippen LogP contribution is -2.07. The number of aromatic nitrogens is 3. The van der Waals surface area contributed by atoms with Gasteiger partial charge in [-0.05, 0) is 35.5 Å². The first-order chi connectivity index (χ1) is 12.9. The Morgan fingerprint density at radius 2 is 1.54 bits per heavy atom. The van der Waals surface area contributed by atoms with Crippen molar-refractivity contribution >= 4 is 11.4 Å². The molecule has 0 atom stereocenters. The summed E-state index contributed by atoms with van der Waals surface area (Å²) in [6.45, 7) is 0. The van der Waals surface area contributed by atoms with Gasteiger partial charge in [0, 0.05) is 27.1 Å². The molecule has 0 saturated heterocycles. The minimum Gasteiger partial charge on any atom is -0.248 e. The first kappa shape index (κ1) is 13.5. The maximum absolute atomic E-state index is 4.91. The zero-order valence-electron chi connectivity index (χ0n) is 13.6. The molecule has 0 spiro atoms. The van der Waals surface area contributed by atoms with Crippen molar-refractivity contribution in [2.45, 2.75) is 0 Å². The van der Waals surface area contributed by atoms with Crippen LogP contribution in [0.4, 0.5) is 11.4 Å². The average molecular weight is 333 g/mol. The van der Waals surface area contributed by atoms with E-state index in [1.165, 1.54) is 5.56 Å². The van der Waals surface area contributed by atoms with Gasteiger partial charge in [-0.2, -0.15) is 0 Å². The normalized spacial score (nSPS) is 12.5. The lowest BCUT2D eigenvalue weighted by atomic mass is 10.0. The largest absolute Gasteiger partial charge is 0.248 e. The van der Waals surface area contributed by atoms with Crippen LogP contribution >= 0.6 is 0 Å². The van der Waals surface area contributed by atoms with Crippen molar-refractivity contribution in [2.24, 2.45) is 9.98 Å². The molecule has 0 radical (unpaired) electrons. The van der Waals surface area contributed by atoms with Crippen molar-refractivity contribution < 1.29 is 0 Å². The molecule has 5 heteroatoms. The molecule has 1 aromatic heterocycles. The van der Waals surface area contributed by atoms with Crippen molar-refractivity contribution in [3.8, 4) is 22.4 Å². The standard InChI is InChI=1S/C21H11N5/c1-2-6-15-12(4-1)13-8-9-18-20(21(13)24-15)19-14(5-3-7-17(19)23-18)16-10-11-22-26-25-16/h1-11H. The molecule has 0 fully saturated rings. The summed E-state index contributed by atoms with van der Waals surface area (Å²) in [5.74, 6) is 0. The second-order valence-electron chi connectivity index (χ2n) is 6.30. The summed E-state index contributed by atoms with van der Waals surface area (Å²) >= 11 is 0. The molecule has 0 N–H and O–H groups in total. The molecule has 5 nitrogen and oxygen atoms in total. The highest BCUT2D eigenvalue weighted by atomic mass is 15.3. The highest BCUT2D eigenvalue weighted by Gasteiger charge is 2.19. The first-order valence-corrected chi connectivity index (χ1v) is 8.38. The second kappa shape index (κ2) is 4.89. The number of hydrogen-bond donors (Lipinski definition) is 0. The van der Waals surface area contributed by atoms with Gasteiger partial charge < -0.3 is 0 Å². The second-order valence-corrected chi connectivity index (χ2v) is 6.30. The molecule has 0 aliphatic carbocycles. The highest BCUT2D eigenvalue weighted by molar-refractivity contribution is 5.80. The van der Waals surface area contributed by atoms with E-state index in [1.807, 2.05) is 30.3 Å². The van der Waals surface area contributed by atoms with Crippen molar-refractivity contribution in [3.05, 3.63) is 88.0 Å². The van der Waals surface area contributed by atoms with Crippen LogP contribution in [0.25, 0.3) is 22.4 Å². The summed E-state index contributed by atoms with van der Waals surface area (Å²) in [5, 5.41) is 15.8. The fourth-order valence-corrected chi connectivity index (χ4v) is 3.80. The van der Waals surface area contributed by atoms with Gasteiger partial charge >= 0.3 is 0 Å². The van der Waals surface area contributed by atoms with E-state index in [2.05, 4.69) is 45.7 Å². The molecule has 6 rings (SSSR count). The van der Waals surface area contributed by atoms with Gasteiger partial charge in [0.2, 0.25) is 0 Å². The molecule has 0 saturated carbocycles. The fraction of sp³-hybridized carbons (Fsp3) is 0. The van der Waals surface area contributed by atoms with E-state index in [4.69, 9.17) is 9.98 Å². The molecular weight excluding hydrogens is 322 g/mol.